The fourth-order valence-electron chi connectivity index (χ4n) is 9.95. The van der Waals surface area contributed by atoms with E-state index < -0.39 is 24.3 Å². The lowest BCUT2D eigenvalue weighted by molar-refractivity contribution is -0.870. The molecule has 0 bridgehead atoms. The Morgan fingerprint density at radius 1 is 0.387 bits per heavy atom. The van der Waals surface area contributed by atoms with E-state index >= 15 is 0 Å². The first kappa shape index (κ1) is 73.0. The summed E-state index contributed by atoms with van der Waals surface area (Å²) in [6, 6.07) is 0. The van der Waals surface area contributed by atoms with Gasteiger partial charge in [0, 0.05) is 12.8 Å². The Bertz CT molecular complexity index is 1240. The van der Waals surface area contributed by atoms with Gasteiger partial charge in [-0.15, -0.1) is 0 Å². The summed E-state index contributed by atoms with van der Waals surface area (Å²) in [4.78, 5) is 37.4. The topological polar surface area (TPSA) is 111 Å². The molecule has 0 aromatic carbocycles. The van der Waals surface area contributed by atoms with Crippen LogP contribution in [0.3, 0.4) is 0 Å². The van der Waals surface area contributed by atoms with Crippen LogP contribution in [0.15, 0.2) is 12.2 Å². The van der Waals surface area contributed by atoms with Crippen molar-refractivity contribution >= 4 is 17.9 Å². The highest BCUT2D eigenvalue weighted by Crippen LogP contribution is 2.18. The molecule has 9 heteroatoms. The third-order valence-corrected chi connectivity index (χ3v) is 15.0. The van der Waals surface area contributed by atoms with E-state index in [4.69, 9.17) is 18.9 Å². The Hall–Kier alpha value is -1.97. The zero-order chi connectivity index (χ0) is 54.8. The van der Waals surface area contributed by atoms with Gasteiger partial charge in [-0.3, -0.25) is 9.59 Å². The number of carbonyl (C=O) groups excluding carboxylic acids is 3. The second kappa shape index (κ2) is 58.2. The van der Waals surface area contributed by atoms with Crippen LogP contribution in [0, 0.1) is 0 Å². The summed E-state index contributed by atoms with van der Waals surface area (Å²) in [7, 11) is 5.94. The number of allylic oxidation sites excluding steroid dienone is 2. The first-order chi connectivity index (χ1) is 36.6. The first-order valence-corrected chi connectivity index (χ1v) is 32.8. The monoisotopic (exact) mass is 1060 g/mol. The second-order valence-electron chi connectivity index (χ2n) is 23.8. The minimum atomic E-state index is -1.62. The maximum Gasteiger partial charge on any atom is 0.306 e. The molecule has 0 heterocycles. The predicted octanol–water partition coefficient (Wildman–Crippen LogP) is 18.4. The predicted molar refractivity (Wildman–Crippen MR) is 316 cm³/mol. The van der Waals surface area contributed by atoms with Gasteiger partial charge in [-0.1, -0.05) is 296 Å². The molecule has 0 aromatic heterocycles. The number of rotatable bonds is 62. The number of carboxylic acids is 1. The number of nitrogens with zero attached hydrogens (tertiary/aromatic N) is 1. The van der Waals surface area contributed by atoms with Crippen LogP contribution in [-0.2, 0) is 33.3 Å². The molecule has 2 unspecified atom stereocenters. The van der Waals surface area contributed by atoms with E-state index in [1.165, 1.54) is 270 Å². The summed E-state index contributed by atoms with van der Waals surface area (Å²) in [5.74, 6) is -2.26. The van der Waals surface area contributed by atoms with E-state index in [0.717, 1.165) is 32.1 Å². The van der Waals surface area contributed by atoms with E-state index in [0.29, 0.717) is 23.9 Å². The van der Waals surface area contributed by atoms with Crippen molar-refractivity contribution < 1.29 is 42.9 Å². The van der Waals surface area contributed by atoms with Crippen molar-refractivity contribution in [3.8, 4) is 0 Å². The van der Waals surface area contributed by atoms with Crippen LogP contribution >= 0.6 is 0 Å². The van der Waals surface area contributed by atoms with Crippen LogP contribution in [0.2, 0.25) is 0 Å². The Morgan fingerprint density at radius 3 is 0.987 bits per heavy atom. The lowest BCUT2D eigenvalue weighted by atomic mass is 10.0. The van der Waals surface area contributed by atoms with Gasteiger partial charge in [-0.05, 0) is 38.5 Å². The number of quaternary nitrogens is 1. The minimum Gasteiger partial charge on any atom is -0.545 e. The fraction of sp³-hybridized carbons (Fsp3) is 0.924. The Kier molecular flexibility index (Phi) is 56.7. The van der Waals surface area contributed by atoms with Crippen LogP contribution in [0.1, 0.15) is 335 Å². The zero-order valence-corrected chi connectivity index (χ0v) is 50.7. The van der Waals surface area contributed by atoms with E-state index in [1.807, 2.05) is 21.1 Å². The number of ether oxygens (including phenoxy) is 4. The molecule has 0 fully saturated rings. The number of aliphatic carboxylic acids is 1. The number of likely N-dealkylation sites (N-methyl/N-ethyl adjacent to an activating group) is 1. The Labute approximate surface area is 465 Å². The van der Waals surface area contributed by atoms with Gasteiger partial charge in [0.2, 0.25) is 0 Å². The lowest BCUT2D eigenvalue weighted by Gasteiger charge is -2.26. The molecule has 0 aliphatic heterocycles. The lowest BCUT2D eigenvalue weighted by Crippen LogP contribution is -2.44. The normalized spacial score (nSPS) is 12.7. The van der Waals surface area contributed by atoms with Crippen LogP contribution in [0.4, 0.5) is 0 Å². The van der Waals surface area contributed by atoms with Crippen molar-refractivity contribution in [1.82, 2.24) is 0 Å². The average Bonchev–Trinajstić information content (AvgIpc) is 3.38. The molecule has 9 nitrogen and oxygen atoms in total. The molecular weight excluding hydrogens is 935 g/mol. The molecule has 0 rings (SSSR count). The summed E-state index contributed by atoms with van der Waals surface area (Å²) in [5.41, 5.74) is 0. The van der Waals surface area contributed by atoms with Gasteiger partial charge < -0.3 is 33.3 Å². The molecule has 0 saturated carbocycles. The maximum absolute atomic E-state index is 12.9. The van der Waals surface area contributed by atoms with Crippen LogP contribution < -0.4 is 5.11 Å². The molecule has 0 amide bonds. The molecule has 0 aliphatic carbocycles. The Morgan fingerprint density at radius 2 is 0.680 bits per heavy atom. The van der Waals surface area contributed by atoms with Gasteiger partial charge in [-0.25, -0.2) is 0 Å². The molecule has 444 valence electrons. The maximum atomic E-state index is 12.9. The van der Waals surface area contributed by atoms with Crippen molar-refractivity contribution in [2.24, 2.45) is 0 Å². The number of esters is 2. The largest absolute Gasteiger partial charge is 0.545 e. The first-order valence-electron chi connectivity index (χ1n) is 32.8. The molecule has 0 spiro atoms. The van der Waals surface area contributed by atoms with E-state index in [1.54, 1.807) is 0 Å². The average molecular weight is 1060 g/mol. The molecule has 0 aliphatic rings. The van der Waals surface area contributed by atoms with Crippen LogP contribution in [0.25, 0.3) is 0 Å². The summed E-state index contributed by atoms with van der Waals surface area (Å²) in [6.45, 7) is 4.82. The Balaban J connectivity index is 4.08. The fourth-order valence-corrected chi connectivity index (χ4v) is 9.95. The third-order valence-electron chi connectivity index (χ3n) is 15.0. The highest BCUT2D eigenvalue weighted by Gasteiger charge is 2.22. The summed E-state index contributed by atoms with van der Waals surface area (Å²) < 4.78 is 22.8. The SMILES string of the molecule is CCCCCCCCCC/C=C\CCCCCCCCCCCC(=O)OC(COC(=O)CCCCCCCCCCCCCCCCCCCCCCCCCCCCCCC)COC(OCC[N+](C)(C)C)C(=O)[O-]. The summed E-state index contributed by atoms with van der Waals surface area (Å²) >= 11 is 0. The van der Waals surface area contributed by atoms with E-state index in [2.05, 4.69) is 26.0 Å². The van der Waals surface area contributed by atoms with Crippen molar-refractivity contribution in [3.63, 3.8) is 0 Å². The van der Waals surface area contributed by atoms with Crippen molar-refractivity contribution in [1.29, 1.82) is 0 Å². The number of hydrogen-bond donors (Lipinski definition) is 0. The standard InChI is InChI=1S/C66H127NO8/c1-6-8-10-12-14-16-18-20-22-24-26-28-29-30-31-32-33-34-35-37-38-40-42-44-46-48-50-52-54-56-63(68)73-60-62(61-74-66(65(70)71)72-59-58-67(3,4)5)75-64(69)57-55-53-51-49-47-45-43-41-39-36-27-25-23-21-19-17-15-13-11-9-7-2/h25,27,62,66H,6-24,26,28-61H2,1-5H3/b27-25-. The summed E-state index contributed by atoms with van der Waals surface area (Å²) in [6.07, 6.45) is 65.7. The molecule has 75 heavy (non-hydrogen) atoms. The zero-order valence-electron chi connectivity index (χ0n) is 50.7. The van der Waals surface area contributed by atoms with E-state index in [-0.39, 0.29) is 32.2 Å². The van der Waals surface area contributed by atoms with Crippen molar-refractivity contribution in [2.45, 2.75) is 347 Å². The summed E-state index contributed by atoms with van der Waals surface area (Å²) in [5, 5.41) is 11.8. The molecular formula is C66H127NO8. The quantitative estimate of drug-likeness (QED) is 0.0195. The van der Waals surface area contributed by atoms with Crippen LogP contribution in [-0.4, -0.2) is 82.3 Å². The van der Waals surface area contributed by atoms with Crippen LogP contribution in [0.5, 0.6) is 0 Å². The van der Waals surface area contributed by atoms with Crippen molar-refractivity contribution in [2.75, 3.05) is 47.5 Å². The minimum absolute atomic E-state index is 0.151. The number of carbonyl (C=O) groups is 3. The number of unbranched alkanes of at least 4 members (excludes halogenated alkanes) is 45. The number of carboxylic acid groups (broad SMARTS) is 1. The van der Waals surface area contributed by atoms with Gasteiger partial charge >= 0.3 is 11.9 Å². The molecule has 0 radical (unpaired) electrons. The third kappa shape index (κ3) is 59.5. The van der Waals surface area contributed by atoms with Gasteiger partial charge in [0.15, 0.2) is 12.4 Å². The van der Waals surface area contributed by atoms with Gasteiger partial charge in [-0.2, -0.15) is 0 Å². The second-order valence-corrected chi connectivity index (χ2v) is 23.8. The number of hydrogen-bond acceptors (Lipinski definition) is 8. The smallest absolute Gasteiger partial charge is 0.306 e. The molecule has 0 saturated heterocycles. The molecule has 0 aromatic rings. The highest BCUT2D eigenvalue weighted by molar-refractivity contribution is 5.70. The van der Waals surface area contributed by atoms with Gasteiger partial charge in [0.25, 0.3) is 0 Å². The van der Waals surface area contributed by atoms with Gasteiger partial charge in [0.05, 0.1) is 40.3 Å². The van der Waals surface area contributed by atoms with Gasteiger partial charge in [0.1, 0.15) is 13.2 Å². The highest BCUT2D eigenvalue weighted by atomic mass is 16.7. The molecule has 2 atom stereocenters. The molecule has 0 N–H and O–H groups in total. The van der Waals surface area contributed by atoms with Crippen molar-refractivity contribution in [3.05, 3.63) is 12.2 Å². The van der Waals surface area contributed by atoms with E-state index in [9.17, 15) is 19.5 Å².